The number of ketones is 1. The molecule has 16 nitrogen and oxygen atoms in total. The molecule has 7 N–H and O–H groups in total. The lowest BCUT2D eigenvalue weighted by Crippen LogP contribution is -2.62. The number of thiazole rings is 1. The number of halogens is 2. The summed E-state index contributed by atoms with van der Waals surface area (Å²) < 4.78 is 20.1. The molecule has 3 aromatic heterocycles. The highest BCUT2D eigenvalue weighted by atomic mass is 35.5. The summed E-state index contributed by atoms with van der Waals surface area (Å²) in [6.07, 6.45) is 4.84. The Labute approximate surface area is 301 Å². The molecular formula is C31H30ClFN9O7S2+. The fraction of sp³-hybridized carbons (Fsp3) is 0.290. The van der Waals surface area contributed by atoms with Gasteiger partial charge in [-0.2, -0.15) is 0 Å². The quantitative estimate of drug-likeness (QED) is 0.0436. The van der Waals surface area contributed by atoms with Crippen LogP contribution in [0.4, 0.5) is 9.52 Å². The summed E-state index contributed by atoms with van der Waals surface area (Å²) >= 11 is 8.40. The van der Waals surface area contributed by atoms with Crippen molar-refractivity contribution in [3.63, 3.8) is 0 Å². The second kappa shape index (κ2) is 13.5. The second-order valence-electron chi connectivity index (χ2n) is 12.2. The molecule has 0 bridgehead atoms. The van der Waals surface area contributed by atoms with Crippen molar-refractivity contribution >= 4 is 80.7 Å². The van der Waals surface area contributed by atoms with Crippen LogP contribution in [0.1, 0.15) is 37.1 Å². The summed E-state index contributed by atoms with van der Waals surface area (Å²) in [6, 6.07) is 6.14. The van der Waals surface area contributed by atoms with E-state index in [1.807, 2.05) is 0 Å². The summed E-state index contributed by atoms with van der Waals surface area (Å²) in [5.41, 5.74) is 10.5. The first-order chi connectivity index (χ1) is 24.1. The predicted molar refractivity (Wildman–Crippen MR) is 184 cm³/mol. The number of carbonyl (C=O) groups is 4. The number of nitrogens with one attached hydrogen (secondary N) is 1. The summed E-state index contributed by atoms with van der Waals surface area (Å²) in [7, 11) is 0. The number of hydrogen-bond acceptors (Lipinski definition) is 11. The number of carboxylic acids is 2. The van der Waals surface area contributed by atoms with Crippen molar-refractivity contribution in [2.24, 2.45) is 16.8 Å². The Morgan fingerprint density at radius 3 is 2.63 bits per heavy atom. The first-order valence-corrected chi connectivity index (χ1v) is 17.3. The minimum absolute atomic E-state index is 0.00786. The van der Waals surface area contributed by atoms with Gasteiger partial charge in [0.15, 0.2) is 22.8 Å². The lowest BCUT2D eigenvalue weighted by molar-refractivity contribution is -0.662. The summed E-state index contributed by atoms with van der Waals surface area (Å²) in [5, 5.41) is 30.3. The van der Waals surface area contributed by atoms with E-state index in [0.717, 1.165) is 11.3 Å². The minimum Gasteiger partial charge on any atom is -0.478 e. The molecule has 4 aromatic rings. The molecule has 2 atom stereocenters. The number of β-lactam (4-membered cyclic amide) rings is 1. The maximum Gasteiger partial charge on any atom is 0.352 e. The van der Waals surface area contributed by atoms with Gasteiger partial charge in [-0.25, -0.2) is 28.2 Å². The summed E-state index contributed by atoms with van der Waals surface area (Å²) in [6.45, 7) is 2.76. The van der Waals surface area contributed by atoms with Crippen molar-refractivity contribution in [1.29, 1.82) is 5.41 Å². The van der Waals surface area contributed by atoms with E-state index in [1.165, 1.54) is 36.6 Å². The van der Waals surface area contributed by atoms with E-state index in [-0.39, 0.29) is 51.1 Å². The van der Waals surface area contributed by atoms with Crippen LogP contribution in [-0.4, -0.2) is 81.2 Å². The van der Waals surface area contributed by atoms with Crippen molar-refractivity contribution < 1.29 is 43.2 Å². The summed E-state index contributed by atoms with van der Waals surface area (Å²) in [5.74, 6) is -5.39. The number of carbonyl (C=O) groups excluding carboxylic acids is 2. The number of Topliss-reactive ketones (excluding diaryl/α,β-unsaturated/α-hetero) is 1. The van der Waals surface area contributed by atoms with Gasteiger partial charge in [0.05, 0.1) is 30.1 Å². The molecule has 2 aliphatic heterocycles. The minimum atomic E-state index is -1.81. The Morgan fingerprint density at radius 2 is 2.00 bits per heavy atom. The number of nitrogens with two attached hydrogens (primary N) is 2. The number of nitrogen functional groups attached to an aromatic ring is 2. The van der Waals surface area contributed by atoms with Crippen molar-refractivity contribution in [1.82, 2.24) is 19.1 Å². The molecule has 0 radical (unpaired) electrons. The van der Waals surface area contributed by atoms with Crippen molar-refractivity contribution in [3.05, 3.63) is 81.1 Å². The third-order valence-electron chi connectivity index (χ3n) is 8.38. The zero-order valence-corrected chi connectivity index (χ0v) is 29.3. The molecule has 1 saturated heterocycles. The van der Waals surface area contributed by atoms with Crippen LogP contribution in [0.3, 0.4) is 0 Å². The largest absolute Gasteiger partial charge is 0.478 e. The molecular weight excluding hydrogens is 729 g/mol. The normalized spacial score (nSPS) is 17.8. The molecule has 51 heavy (non-hydrogen) atoms. The van der Waals surface area contributed by atoms with E-state index < -0.39 is 58.5 Å². The highest BCUT2D eigenvalue weighted by Gasteiger charge is 2.54. The smallest absolute Gasteiger partial charge is 0.352 e. The molecule has 2 aliphatic rings. The van der Waals surface area contributed by atoms with Gasteiger partial charge in [0, 0.05) is 23.3 Å². The number of benzene rings is 1. The van der Waals surface area contributed by atoms with Gasteiger partial charge in [-0.05, 0) is 25.5 Å². The van der Waals surface area contributed by atoms with Crippen LogP contribution in [0.25, 0.3) is 5.65 Å². The van der Waals surface area contributed by atoms with Crippen LogP contribution in [0, 0.1) is 17.1 Å². The summed E-state index contributed by atoms with van der Waals surface area (Å²) in [4.78, 5) is 61.6. The Hall–Kier alpha value is -5.27. The van der Waals surface area contributed by atoms with Gasteiger partial charge in [-0.1, -0.05) is 40.2 Å². The maximum atomic E-state index is 14.7. The fourth-order valence-electron chi connectivity index (χ4n) is 5.65. The number of nitrogens with zero attached hydrogens (tertiary/aromatic N) is 6. The topological polar surface area (TPSA) is 236 Å². The Balaban J connectivity index is 1.21. The Bertz CT molecular complexity index is 2210. The number of carboxylic acid groups (broad SMARTS) is 2. The van der Waals surface area contributed by atoms with Gasteiger partial charge >= 0.3 is 17.6 Å². The zero-order valence-electron chi connectivity index (χ0n) is 26.9. The van der Waals surface area contributed by atoms with E-state index in [2.05, 4.69) is 10.1 Å². The number of amides is 1. The highest BCUT2D eigenvalue weighted by molar-refractivity contribution is 8.00. The van der Waals surface area contributed by atoms with Gasteiger partial charge in [-0.15, -0.1) is 16.3 Å². The zero-order chi connectivity index (χ0) is 36.9. The van der Waals surface area contributed by atoms with Crippen LogP contribution in [0.5, 0.6) is 0 Å². The molecule has 1 fully saturated rings. The van der Waals surface area contributed by atoms with Gasteiger partial charge in [-0.3, -0.25) is 19.9 Å². The van der Waals surface area contributed by atoms with Crippen LogP contribution in [-0.2, 0) is 37.1 Å². The molecule has 1 aromatic carbocycles. The molecule has 1 amide bonds. The first kappa shape index (κ1) is 35.6. The number of imidazole rings is 1. The lowest BCUT2D eigenvalue weighted by Gasteiger charge is -2.49. The molecule has 0 spiro atoms. The first-order valence-electron chi connectivity index (χ1n) is 15.1. The number of aliphatic carboxylic acids is 2. The molecule has 5 heterocycles. The van der Waals surface area contributed by atoms with Crippen molar-refractivity contribution in [2.45, 2.75) is 44.3 Å². The molecule has 20 heteroatoms. The number of rotatable bonds is 13. The van der Waals surface area contributed by atoms with Crippen LogP contribution < -0.4 is 16.0 Å². The van der Waals surface area contributed by atoms with E-state index in [4.69, 9.17) is 33.3 Å². The van der Waals surface area contributed by atoms with Gasteiger partial charge in [0.25, 0.3) is 0 Å². The number of thioether (sulfide) groups is 1. The average molecular weight is 759 g/mol. The molecule has 0 aliphatic carbocycles. The number of hydrogen-bond donors (Lipinski definition) is 5. The lowest BCUT2D eigenvalue weighted by atomic mass is 9.89. The molecule has 0 saturated carbocycles. The van der Waals surface area contributed by atoms with Crippen LogP contribution in [0.2, 0.25) is 4.34 Å². The van der Waals surface area contributed by atoms with Gasteiger partial charge < -0.3 is 26.5 Å². The Morgan fingerprint density at radius 1 is 1.25 bits per heavy atom. The van der Waals surface area contributed by atoms with Gasteiger partial charge in [0.1, 0.15) is 40.1 Å². The number of aromatic nitrogens is 4. The molecule has 0 unspecified atom stereocenters. The van der Waals surface area contributed by atoms with E-state index in [9.17, 15) is 33.8 Å². The van der Waals surface area contributed by atoms with Gasteiger partial charge in [0.2, 0.25) is 11.5 Å². The number of amidine groups is 1. The van der Waals surface area contributed by atoms with Crippen LogP contribution >= 0.6 is 34.7 Å². The second-order valence-corrected chi connectivity index (χ2v) is 14.9. The van der Waals surface area contributed by atoms with Crippen molar-refractivity contribution in [2.75, 3.05) is 11.5 Å². The molecule has 266 valence electrons. The Kier molecular flexibility index (Phi) is 9.38. The van der Waals surface area contributed by atoms with E-state index >= 15 is 0 Å². The number of oxime groups is 1. The third-order valence-corrected chi connectivity index (χ3v) is 10.9. The standard InChI is InChI=1S/C31H29ClFN9O7S2/c1-31(2,29(47)48)49-38-21(22-24(32)51-30(36)37-22)19(43)10-17-26(44)42-23(28(45)46)16(13-50-27(17)42)12-40-6-5-20-39(7-8-41(20)40)11-15-4-3-14(25(34)35)9-18(15)33/h3-9,17,27H,10-13H2,1-2H3,(H6-,34,35,36,37,45,46,47,48)/p+1/b38-21+/t17-,27-/m1/s1. The monoisotopic (exact) mass is 758 g/mol. The third kappa shape index (κ3) is 6.66. The van der Waals surface area contributed by atoms with Crippen LogP contribution in [0.15, 0.2) is 59.3 Å². The predicted octanol–water partition coefficient (Wildman–Crippen LogP) is 2.31. The maximum absolute atomic E-state index is 14.7. The SMILES string of the molecule is CC(C)(O/N=C(\C(=O)C[C@@H]1C(=O)N2C(C(=O)O)=C(Cn3ccc4n3cc[n+]4Cc3ccc(C(=N)N)cc3F)CS[C@H]12)c1nc(N)sc1Cl)C(=O)O. The average Bonchev–Trinajstić information content (AvgIpc) is 3.75. The van der Waals surface area contributed by atoms with Crippen molar-refractivity contribution in [3.8, 4) is 0 Å². The number of anilines is 1. The highest BCUT2D eigenvalue weighted by Crippen LogP contribution is 2.45. The molecule has 6 rings (SSSR count). The number of fused-ring (bicyclic) bond motifs is 2. The van der Waals surface area contributed by atoms with E-state index in [1.54, 1.807) is 50.6 Å². The fourth-order valence-corrected chi connectivity index (χ4v) is 7.98. The van der Waals surface area contributed by atoms with E-state index in [0.29, 0.717) is 16.8 Å².